The SMILES string of the molecule is Cl.O=C(CC1CNCCO1)N(Cc1cccs1)C1CC1. The van der Waals surface area contributed by atoms with Crippen LogP contribution in [0.3, 0.4) is 0 Å². The third-order valence-electron chi connectivity index (χ3n) is 3.62. The van der Waals surface area contributed by atoms with E-state index >= 15 is 0 Å². The minimum absolute atomic E-state index is 0. The predicted molar refractivity (Wildman–Crippen MR) is 82.4 cm³/mol. The van der Waals surface area contributed by atoms with Crippen LogP contribution in [0.2, 0.25) is 0 Å². The first-order valence-corrected chi connectivity index (χ1v) is 7.85. The quantitative estimate of drug-likeness (QED) is 0.904. The molecule has 4 nitrogen and oxygen atoms in total. The molecular weight excluding hydrogens is 296 g/mol. The van der Waals surface area contributed by atoms with Crippen LogP contribution in [0.15, 0.2) is 17.5 Å². The number of carbonyl (C=O) groups is 1. The van der Waals surface area contributed by atoms with Crippen LogP contribution in [0.1, 0.15) is 24.1 Å². The fourth-order valence-corrected chi connectivity index (χ4v) is 3.14. The van der Waals surface area contributed by atoms with Crippen molar-refractivity contribution in [1.82, 2.24) is 10.2 Å². The molecule has 2 fully saturated rings. The van der Waals surface area contributed by atoms with Gasteiger partial charge < -0.3 is 15.0 Å². The van der Waals surface area contributed by atoms with Crippen molar-refractivity contribution in [3.8, 4) is 0 Å². The van der Waals surface area contributed by atoms with Gasteiger partial charge in [0.1, 0.15) is 0 Å². The van der Waals surface area contributed by atoms with Crippen LogP contribution in [0, 0.1) is 0 Å². The van der Waals surface area contributed by atoms with Crippen molar-refractivity contribution >= 4 is 29.7 Å². The monoisotopic (exact) mass is 316 g/mol. The maximum Gasteiger partial charge on any atom is 0.225 e. The zero-order valence-corrected chi connectivity index (χ0v) is 13.0. The van der Waals surface area contributed by atoms with Crippen LogP contribution in [0.4, 0.5) is 0 Å². The Hall–Kier alpha value is -0.620. The Bertz CT molecular complexity index is 417. The highest BCUT2D eigenvalue weighted by molar-refractivity contribution is 7.09. The number of ether oxygens (including phenoxy) is 1. The van der Waals surface area contributed by atoms with Crippen LogP contribution in [0.5, 0.6) is 0 Å². The first-order valence-electron chi connectivity index (χ1n) is 6.97. The first kappa shape index (κ1) is 15.8. The zero-order chi connectivity index (χ0) is 13.1. The van der Waals surface area contributed by atoms with E-state index in [2.05, 4.69) is 16.8 Å². The molecule has 2 heterocycles. The van der Waals surface area contributed by atoms with Crippen molar-refractivity contribution in [2.45, 2.75) is 38.0 Å². The molecule has 1 saturated heterocycles. The topological polar surface area (TPSA) is 41.6 Å². The van der Waals surface area contributed by atoms with Gasteiger partial charge in [0.25, 0.3) is 0 Å². The summed E-state index contributed by atoms with van der Waals surface area (Å²) >= 11 is 1.72. The second-order valence-electron chi connectivity index (χ2n) is 5.23. The summed E-state index contributed by atoms with van der Waals surface area (Å²) in [5, 5.41) is 5.34. The molecule has 1 aliphatic heterocycles. The van der Waals surface area contributed by atoms with Gasteiger partial charge in [-0.05, 0) is 24.3 Å². The molecule has 6 heteroatoms. The zero-order valence-electron chi connectivity index (χ0n) is 11.4. The number of hydrogen-bond acceptors (Lipinski definition) is 4. The number of halogens is 1. The molecule has 1 saturated carbocycles. The van der Waals surface area contributed by atoms with Crippen LogP contribution in [-0.4, -0.2) is 42.6 Å². The van der Waals surface area contributed by atoms with Gasteiger partial charge in [-0.1, -0.05) is 6.07 Å². The fraction of sp³-hybridized carbons (Fsp3) is 0.643. The Morgan fingerprint density at radius 3 is 2.95 bits per heavy atom. The molecule has 0 radical (unpaired) electrons. The molecule has 2 aliphatic rings. The molecule has 1 aliphatic carbocycles. The molecule has 1 aromatic rings. The Morgan fingerprint density at radius 1 is 1.50 bits per heavy atom. The van der Waals surface area contributed by atoms with E-state index in [0.717, 1.165) is 32.5 Å². The number of amides is 1. The van der Waals surface area contributed by atoms with Gasteiger partial charge in [-0.15, -0.1) is 23.7 Å². The molecule has 1 atom stereocenters. The van der Waals surface area contributed by atoms with Gasteiger partial charge >= 0.3 is 0 Å². The molecule has 1 unspecified atom stereocenters. The molecule has 1 aromatic heterocycles. The predicted octanol–water partition coefficient (Wildman–Crippen LogP) is 2.04. The molecule has 20 heavy (non-hydrogen) atoms. The van der Waals surface area contributed by atoms with E-state index in [-0.39, 0.29) is 24.4 Å². The first-order chi connectivity index (χ1) is 9.33. The van der Waals surface area contributed by atoms with Crippen molar-refractivity contribution in [3.05, 3.63) is 22.4 Å². The average molecular weight is 317 g/mol. The van der Waals surface area contributed by atoms with E-state index < -0.39 is 0 Å². The lowest BCUT2D eigenvalue weighted by atomic mass is 10.2. The van der Waals surface area contributed by atoms with Crippen LogP contribution >= 0.6 is 23.7 Å². The summed E-state index contributed by atoms with van der Waals surface area (Å²) in [6.07, 6.45) is 2.86. The van der Waals surface area contributed by atoms with Gasteiger partial charge in [0, 0.05) is 24.0 Å². The number of nitrogens with zero attached hydrogens (tertiary/aromatic N) is 1. The molecule has 1 amide bonds. The normalized spacial score (nSPS) is 22.1. The lowest BCUT2D eigenvalue weighted by Crippen LogP contribution is -2.42. The van der Waals surface area contributed by atoms with Gasteiger partial charge in [-0.3, -0.25) is 4.79 Å². The molecule has 3 rings (SSSR count). The van der Waals surface area contributed by atoms with E-state index in [9.17, 15) is 4.79 Å². The average Bonchev–Trinajstić information content (AvgIpc) is 3.14. The summed E-state index contributed by atoms with van der Waals surface area (Å²) in [6, 6.07) is 4.61. The second kappa shape index (κ2) is 7.41. The van der Waals surface area contributed by atoms with E-state index in [0.29, 0.717) is 19.1 Å². The number of carbonyl (C=O) groups excluding carboxylic acids is 1. The Kier molecular flexibility index (Phi) is 5.84. The minimum atomic E-state index is 0. The van der Waals surface area contributed by atoms with Crippen molar-refractivity contribution in [3.63, 3.8) is 0 Å². The van der Waals surface area contributed by atoms with Crippen LogP contribution in [0.25, 0.3) is 0 Å². The number of rotatable bonds is 5. The van der Waals surface area contributed by atoms with Crippen LogP contribution in [-0.2, 0) is 16.1 Å². The smallest absolute Gasteiger partial charge is 0.225 e. The third kappa shape index (κ3) is 4.19. The number of nitrogens with one attached hydrogen (secondary N) is 1. The third-order valence-corrected chi connectivity index (χ3v) is 4.48. The highest BCUT2D eigenvalue weighted by Gasteiger charge is 2.33. The van der Waals surface area contributed by atoms with Gasteiger partial charge in [-0.25, -0.2) is 0 Å². The number of morpholine rings is 1. The van der Waals surface area contributed by atoms with Gasteiger partial charge in [0.2, 0.25) is 5.91 Å². The summed E-state index contributed by atoms with van der Waals surface area (Å²) in [5.74, 6) is 0.240. The van der Waals surface area contributed by atoms with Crippen LogP contribution < -0.4 is 5.32 Å². The second-order valence-corrected chi connectivity index (χ2v) is 6.27. The maximum absolute atomic E-state index is 12.4. The Morgan fingerprint density at radius 2 is 2.35 bits per heavy atom. The highest BCUT2D eigenvalue weighted by Crippen LogP contribution is 2.30. The molecular formula is C14H21ClN2O2S. The van der Waals surface area contributed by atoms with E-state index in [4.69, 9.17) is 4.74 Å². The summed E-state index contributed by atoms with van der Waals surface area (Å²) in [5.41, 5.74) is 0. The summed E-state index contributed by atoms with van der Waals surface area (Å²) in [4.78, 5) is 15.8. The van der Waals surface area contributed by atoms with E-state index in [1.165, 1.54) is 4.88 Å². The largest absolute Gasteiger partial charge is 0.375 e. The van der Waals surface area contributed by atoms with Gasteiger partial charge in [0.05, 0.1) is 25.7 Å². The standard InChI is InChI=1S/C14H20N2O2S.ClH/c17-14(8-12-9-15-5-6-18-12)16(11-3-4-11)10-13-2-1-7-19-13;/h1-2,7,11-12,15H,3-6,8-10H2;1H. The van der Waals surface area contributed by atoms with E-state index in [1.807, 2.05) is 11.0 Å². The highest BCUT2D eigenvalue weighted by atomic mass is 35.5. The molecule has 0 aromatic carbocycles. The Labute approximate surface area is 129 Å². The molecule has 112 valence electrons. The lowest BCUT2D eigenvalue weighted by Gasteiger charge is -2.27. The minimum Gasteiger partial charge on any atom is -0.375 e. The van der Waals surface area contributed by atoms with Gasteiger partial charge in [0.15, 0.2) is 0 Å². The molecule has 1 N–H and O–H groups in total. The van der Waals surface area contributed by atoms with Gasteiger partial charge in [-0.2, -0.15) is 0 Å². The maximum atomic E-state index is 12.4. The molecule has 0 spiro atoms. The summed E-state index contributed by atoms with van der Waals surface area (Å²) in [6.45, 7) is 3.17. The fourth-order valence-electron chi connectivity index (χ4n) is 2.44. The number of thiophene rings is 1. The summed E-state index contributed by atoms with van der Waals surface area (Å²) in [7, 11) is 0. The van der Waals surface area contributed by atoms with Crippen molar-refractivity contribution in [2.24, 2.45) is 0 Å². The van der Waals surface area contributed by atoms with Crippen molar-refractivity contribution < 1.29 is 9.53 Å². The van der Waals surface area contributed by atoms with Crippen molar-refractivity contribution in [1.29, 1.82) is 0 Å². The summed E-state index contributed by atoms with van der Waals surface area (Å²) < 4.78 is 5.63. The molecule has 0 bridgehead atoms. The van der Waals surface area contributed by atoms with E-state index in [1.54, 1.807) is 11.3 Å². The van der Waals surface area contributed by atoms with Crippen molar-refractivity contribution in [2.75, 3.05) is 19.7 Å². The lowest BCUT2D eigenvalue weighted by molar-refractivity contribution is -0.135. The Balaban J connectivity index is 0.00000147. The number of hydrogen-bond donors (Lipinski definition) is 1.